The molecule has 90 valence electrons. The van der Waals surface area contributed by atoms with Gasteiger partial charge in [-0.1, -0.05) is 19.8 Å². The van der Waals surface area contributed by atoms with Crippen LogP contribution in [0.25, 0.3) is 0 Å². The third kappa shape index (κ3) is 4.98. The third-order valence-corrected chi connectivity index (χ3v) is 3.89. The molecule has 0 radical (unpaired) electrons. The van der Waals surface area contributed by atoms with E-state index in [-0.39, 0.29) is 0 Å². The molecule has 0 aromatic carbocycles. The Morgan fingerprint density at radius 2 is 2.00 bits per heavy atom. The lowest BCUT2D eigenvalue weighted by Crippen LogP contribution is -2.36. The first kappa shape index (κ1) is 13.0. The molecule has 1 unspecified atom stereocenters. The molecule has 0 heterocycles. The number of likely N-dealkylation sites (N-methyl/N-ethyl adjacent to an activating group) is 1. The predicted octanol–water partition coefficient (Wildman–Crippen LogP) is 2.50. The minimum absolute atomic E-state index is 0.721. The fraction of sp³-hybridized carbons (Fsp3) is 1.00. The first-order valence-corrected chi connectivity index (χ1v) is 6.65. The van der Waals surface area contributed by atoms with E-state index in [0.29, 0.717) is 0 Å². The van der Waals surface area contributed by atoms with E-state index < -0.39 is 0 Å². The molecule has 0 spiro atoms. The normalized spacial score (nSPS) is 20.0. The molecule has 1 N–H and O–H groups in total. The summed E-state index contributed by atoms with van der Waals surface area (Å²) in [6, 6.07) is 0.721. The van der Waals surface area contributed by atoms with Crippen LogP contribution in [-0.2, 0) is 0 Å². The second kappa shape index (κ2) is 7.24. The van der Waals surface area contributed by atoms with Crippen molar-refractivity contribution in [1.29, 1.82) is 0 Å². The second-order valence-corrected chi connectivity index (χ2v) is 5.09. The number of rotatable bonds is 7. The fourth-order valence-corrected chi connectivity index (χ4v) is 2.31. The van der Waals surface area contributed by atoms with Gasteiger partial charge in [-0.05, 0) is 45.7 Å². The molecule has 1 fully saturated rings. The molecule has 2 nitrogen and oxygen atoms in total. The zero-order valence-corrected chi connectivity index (χ0v) is 10.8. The van der Waals surface area contributed by atoms with Crippen LogP contribution in [0.5, 0.6) is 0 Å². The third-order valence-electron chi connectivity index (χ3n) is 3.89. The Bertz CT molecular complexity index is 153. The van der Waals surface area contributed by atoms with E-state index in [1.54, 1.807) is 0 Å². The molecule has 1 rings (SSSR count). The van der Waals surface area contributed by atoms with Crippen LogP contribution >= 0.6 is 0 Å². The smallest absolute Gasteiger partial charge is 0.0107 e. The van der Waals surface area contributed by atoms with E-state index >= 15 is 0 Å². The van der Waals surface area contributed by atoms with Gasteiger partial charge >= 0.3 is 0 Å². The zero-order valence-electron chi connectivity index (χ0n) is 10.8. The van der Waals surface area contributed by atoms with Gasteiger partial charge in [-0.2, -0.15) is 0 Å². The first-order chi connectivity index (χ1) is 7.24. The minimum Gasteiger partial charge on any atom is -0.315 e. The molecule has 0 aromatic rings. The highest BCUT2D eigenvalue weighted by Crippen LogP contribution is 2.23. The van der Waals surface area contributed by atoms with Gasteiger partial charge in [0.15, 0.2) is 0 Å². The molecular weight excluding hydrogens is 184 g/mol. The summed E-state index contributed by atoms with van der Waals surface area (Å²) in [5.74, 6) is 0.971. The van der Waals surface area contributed by atoms with E-state index in [1.165, 1.54) is 45.2 Å². The lowest BCUT2D eigenvalue weighted by Gasteiger charge is -2.23. The largest absolute Gasteiger partial charge is 0.315 e. The van der Waals surface area contributed by atoms with Crippen LogP contribution in [-0.4, -0.2) is 37.6 Å². The molecule has 1 atom stereocenters. The average molecular weight is 212 g/mol. The van der Waals surface area contributed by atoms with Gasteiger partial charge in [0.2, 0.25) is 0 Å². The van der Waals surface area contributed by atoms with E-state index in [0.717, 1.165) is 18.5 Å². The van der Waals surface area contributed by atoms with E-state index in [2.05, 4.69) is 31.1 Å². The Kier molecular flexibility index (Phi) is 6.26. The van der Waals surface area contributed by atoms with Crippen molar-refractivity contribution in [2.75, 3.05) is 26.7 Å². The van der Waals surface area contributed by atoms with Gasteiger partial charge in [-0.3, -0.25) is 0 Å². The van der Waals surface area contributed by atoms with Crippen LogP contribution in [0, 0.1) is 5.92 Å². The van der Waals surface area contributed by atoms with Gasteiger partial charge in [-0.15, -0.1) is 0 Å². The molecule has 2 heteroatoms. The Morgan fingerprint density at radius 3 is 2.60 bits per heavy atom. The van der Waals surface area contributed by atoms with E-state index in [9.17, 15) is 0 Å². The molecule has 0 saturated heterocycles. The molecular formula is C13H28N2. The van der Waals surface area contributed by atoms with Gasteiger partial charge in [-0.25, -0.2) is 0 Å². The minimum atomic E-state index is 0.721. The van der Waals surface area contributed by atoms with Gasteiger partial charge in [0.25, 0.3) is 0 Å². The summed E-state index contributed by atoms with van der Waals surface area (Å²) in [5.41, 5.74) is 0. The summed E-state index contributed by atoms with van der Waals surface area (Å²) >= 11 is 0. The second-order valence-electron chi connectivity index (χ2n) is 5.09. The maximum absolute atomic E-state index is 3.60. The molecule has 1 saturated carbocycles. The summed E-state index contributed by atoms with van der Waals surface area (Å²) in [4.78, 5) is 2.45. The Balaban J connectivity index is 1.96. The van der Waals surface area contributed by atoms with Gasteiger partial charge in [0, 0.05) is 19.1 Å². The van der Waals surface area contributed by atoms with E-state index in [4.69, 9.17) is 0 Å². The molecule has 0 bridgehead atoms. The average Bonchev–Trinajstić information content (AvgIpc) is 2.75. The first-order valence-electron chi connectivity index (χ1n) is 6.65. The lowest BCUT2D eigenvalue weighted by molar-refractivity contribution is 0.250. The summed E-state index contributed by atoms with van der Waals surface area (Å²) in [5, 5.41) is 3.60. The Morgan fingerprint density at radius 1 is 1.33 bits per heavy atom. The summed E-state index contributed by atoms with van der Waals surface area (Å²) in [6.45, 7) is 8.14. The standard InChI is InChI=1S/C13H28N2/c1-4-12(2)15(3)10-9-14-11-13-7-5-6-8-13/h12-14H,4-11H2,1-3H3. The molecule has 0 aromatic heterocycles. The van der Waals surface area contributed by atoms with Crippen molar-refractivity contribution in [2.45, 2.75) is 52.0 Å². The summed E-state index contributed by atoms with van der Waals surface area (Å²) in [6.07, 6.45) is 7.07. The number of nitrogens with zero attached hydrogens (tertiary/aromatic N) is 1. The van der Waals surface area contributed by atoms with Crippen LogP contribution in [0.1, 0.15) is 46.0 Å². The van der Waals surface area contributed by atoms with Crippen LogP contribution in [0.15, 0.2) is 0 Å². The molecule has 15 heavy (non-hydrogen) atoms. The van der Waals surface area contributed by atoms with Crippen molar-refractivity contribution < 1.29 is 0 Å². The van der Waals surface area contributed by atoms with Crippen LogP contribution in [0.3, 0.4) is 0 Å². The van der Waals surface area contributed by atoms with Gasteiger partial charge in [0.05, 0.1) is 0 Å². The summed E-state index contributed by atoms with van der Waals surface area (Å²) < 4.78 is 0. The number of hydrogen-bond acceptors (Lipinski definition) is 2. The van der Waals surface area contributed by atoms with Crippen molar-refractivity contribution in [3.63, 3.8) is 0 Å². The monoisotopic (exact) mass is 212 g/mol. The molecule has 1 aliphatic rings. The highest BCUT2D eigenvalue weighted by molar-refractivity contribution is 4.70. The van der Waals surface area contributed by atoms with Gasteiger partial charge < -0.3 is 10.2 Å². The van der Waals surface area contributed by atoms with Crippen molar-refractivity contribution in [1.82, 2.24) is 10.2 Å². The lowest BCUT2D eigenvalue weighted by atomic mass is 10.1. The maximum atomic E-state index is 3.60. The number of hydrogen-bond donors (Lipinski definition) is 1. The van der Waals surface area contributed by atoms with Crippen LogP contribution in [0.4, 0.5) is 0 Å². The highest BCUT2D eigenvalue weighted by Gasteiger charge is 2.14. The Labute approximate surface area is 95.4 Å². The van der Waals surface area contributed by atoms with E-state index in [1.807, 2.05) is 0 Å². The van der Waals surface area contributed by atoms with Crippen molar-refractivity contribution in [3.8, 4) is 0 Å². The fourth-order valence-electron chi connectivity index (χ4n) is 2.31. The van der Waals surface area contributed by atoms with Crippen molar-refractivity contribution >= 4 is 0 Å². The Hall–Kier alpha value is -0.0800. The summed E-state index contributed by atoms with van der Waals surface area (Å²) in [7, 11) is 2.23. The predicted molar refractivity (Wildman–Crippen MR) is 67.2 cm³/mol. The molecule has 0 aliphatic heterocycles. The van der Waals surface area contributed by atoms with Crippen LogP contribution in [0.2, 0.25) is 0 Å². The SMILES string of the molecule is CCC(C)N(C)CCNCC1CCCC1. The molecule has 1 aliphatic carbocycles. The zero-order chi connectivity index (χ0) is 11.1. The van der Waals surface area contributed by atoms with Crippen molar-refractivity contribution in [2.24, 2.45) is 5.92 Å². The molecule has 0 amide bonds. The van der Waals surface area contributed by atoms with Crippen molar-refractivity contribution in [3.05, 3.63) is 0 Å². The highest BCUT2D eigenvalue weighted by atomic mass is 15.1. The van der Waals surface area contributed by atoms with Gasteiger partial charge in [0.1, 0.15) is 0 Å². The quantitative estimate of drug-likeness (QED) is 0.652. The van der Waals surface area contributed by atoms with Crippen LogP contribution < -0.4 is 5.32 Å². The maximum Gasteiger partial charge on any atom is 0.0107 e. The topological polar surface area (TPSA) is 15.3 Å². The number of nitrogens with one attached hydrogen (secondary N) is 1.